The first kappa shape index (κ1) is 16.7. The minimum Gasteiger partial charge on any atom is -0.493 e. The summed E-state index contributed by atoms with van der Waals surface area (Å²) in [6.45, 7) is 3.81. The molecule has 0 radical (unpaired) electrons. The molecule has 0 amide bonds. The third kappa shape index (κ3) is 4.89. The van der Waals surface area contributed by atoms with E-state index in [2.05, 4.69) is 14.8 Å². The molecule has 0 unspecified atom stereocenters. The second kappa shape index (κ2) is 8.01. The SMILES string of the molecule is COC(=O)[C@H](Cc1ccc(OC)c(OC(C)C)c1)N=[N+]=[N-]. The number of carbonyl (C=O) groups is 1. The van der Waals surface area contributed by atoms with Crippen LogP contribution in [-0.2, 0) is 16.0 Å². The Balaban J connectivity index is 3.01. The summed E-state index contributed by atoms with van der Waals surface area (Å²) in [4.78, 5) is 14.2. The highest BCUT2D eigenvalue weighted by molar-refractivity contribution is 5.76. The molecule has 0 aliphatic carbocycles. The number of esters is 1. The van der Waals surface area contributed by atoms with Crippen molar-refractivity contribution >= 4 is 5.97 Å². The van der Waals surface area contributed by atoms with Crippen molar-refractivity contribution in [2.45, 2.75) is 32.4 Å². The molecule has 1 rings (SSSR count). The Bertz CT molecular complexity index is 539. The van der Waals surface area contributed by atoms with Crippen molar-refractivity contribution in [1.29, 1.82) is 0 Å². The maximum atomic E-state index is 11.5. The maximum absolute atomic E-state index is 11.5. The fourth-order valence-electron chi connectivity index (χ4n) is 1.79. The zero-order chi connectivity index (χ0) is 15.8. The summed E-state index contributed by atoms with van der Waals surface area (Å²) in [5, 5.41) is 3.46. The van der Waals surface area contributed by atoms with E-state index in [4.69, 9.17) is 15.0 Å². The van der Waals surface area contributed by atoms with E-state index in [1.807, 2.05) is 13.8 Å². The van der Waals surface area contributed by atoms with Gasteiger partial charge in [0.2, 0.25) is 0 Å². The third-order valence-corrected chi connectivity index (χ3v) is 2.68. The zero-order valence-electron chi connectivity index (χ0n) is 12.6. The van der Waals surface area contributed by atoms with Crippen molar-refractivity contribution in [2.24, 2.45) is 5.11 Å². The molecule has 0 heterocycles. The number of azide groups is 1. The van der Waals surface area contributed by atoms with E-state index in [1.54, 1.807) is 25.3 Å². The molecule has 0 spiro atoms. The summed E-state index contributed by atoms with van der Waals surface area (Å²) in [6.07, 6.45) is 0.220. The summed E-state index contributed by atoms with van der Waals surface area (Å²) < 4.78 is 15.5. The van der Waals surface area contributed by atoms with Gasteiger partial charge in [-0.3, -0.25) is 4.79 Å². The molecule has 0 N–H and O–H groups in total. The Morgan fingerprint density at radius 1 is 1.33 bits per heavy atom. The molecule has 1 atom stereocenters. The molecule has 114 valence electrons. The molecular weight excluding hydrogens is 274 g/mol. The van der Waals surface area contributed by atoms with E-state index in [1.165, 1.54) is 7.11 Å². The van der Waals surface area contributed by atoms with E-state index in [9.17, 15) is 4.79 Å². The Morgan fingerprint density at radius 3 is 2.57 bits per heavy atom. The zero-order valence-corrected chi connectivity index (χ0v) is 12.6. The first-order valence-electron chi connectivity index (χ1n) is 6.47. The molecular formula is C14H19N3O4. The van der Waals surface area contributed by atoms with Crippen molar-refractivity contribution in [1.82, 2.24) is 0 Å². The van der Waals surface area contributed by atoms with Gasteiger partial charge in [0, 0.05) is 4.91 Å². The molecule has 0 bridgehead atoms. The van der Waals surface area contributed by atoms with Crippen LogP contribution in [0.5, 0.6) is 11.5 Å². The summed E-state index contributed by atoms with van der Waals surface area (Å²) in [5.41, 5.74) is 9.31. The number of benzene rings is 1. The van der Waals surface area contributed by atoms with Crippen LogP contribution in [-0.4, -0.2) is 32.3 Å². The Labute approximate surface area is 123 Å². The maximum Gasteiger partial charge on any atom is 0.314 e. The average molecular weight is 293 g/mol. The molecule has 1 aromatic rings. The lowest BCUT2D eigenvalue weighted by atomic mass is 10.1. The molecule has 0 fully saturated rings. The van der Waals surface area contributed by atoms with E-state index in [0.29, 0.717) is 11.5 Å². The fraction of sp³-hybridized carbons (Fsp3) is 0.500. The number of methoxy groups -OCH3 is 2. The first-order valence-corrected chi connectivity index (χ1v) is 6.47. The Hall–Kier alpha value is -2.40. The Kier molecular flexibility index (Phi) is 6.36. The smallest absolute Gasteiger partial charge is 0.314 e. The normalized spacial score (nSPS) is 11.5. The predicted molar refractivity (Wildman–Crippen MR) is 77.4 cm³/mol. The van der Waals surface area contributed by atoms with Gasteiger partial charge in [-0.25, -0.2) is 0 Å². The molecule has 0 aliphatic heterocycles. The molecule has 7 heteroatoms. The first-order chi connectivity index (χ1) is 10.0. The van der Waals surface area contributed by atoms with Gasteiger partial charge in [0.05, 0.1) is 20.3 Å². The molecule has 1 aromatic carbocycles. The molecule has 0 aliphatic rings. The van der Waals surface area contributed by atoms with Crippen LogP contribution >= 0.6 is 0 Å². The number of nitrogens with zero attached hydrogens (tertiary/aromatic N) is 3. The highest BCUT2D eigenvalue weighted by atomic mass is 16.5. The van der Waals surface area contributed by atoms with Gasteiger partial charge in [0.1, 0.15) is 6.04 Å². The lowest BCUT2D eigenvalue weighted by Gasteiger charge is -2.15. The van der Waals surface area contributed by atoms with Gasteiger partial charge >= 0.3 is 5.97 Å². The summed E-state index contributed by atoms with van der Waals surface area (Å²) in [6, 6.07) is 4.40. The van der Waals surface area contributed by atoms with Gasteiger partial charge in [0.25, 0.3) is 0 Å². The van der Waals surface area contributed by atoms with Gasteiger partial charge in [-0.15, -0.1) is 0 Å². The standard InChI is InChI=1S/C14H19N3O4/c1-9(2)21-13-8-10(5-6-12(13)19-3)7-11(16-17-15)14(18)20-4/h5-6,8-9,11H,7H2,1-4H3/t11-/m0/s1. The fourth-order valence-corrected chi connectivity index (χ4v) is 1.79. The second-order valence-corrected chi connectivity index (χ2v) is 4.60. The summed E-state index contributed by atoms with van der Waals surface area (Å²) in [5.74, 6) is 0.607. The number of rotatable bonds is 7. The number of hydrogen-bond acceptors (Lipinski definition) is 5. The summed E-state index contributed by atoms with van der Waals surface area (Å²) in [7, 11) is 2.81. The third-order valence-electron chi connectivity index (χ3n) is 2.68. The van der Waals surface area contributed by atoms with Crippen molar-refractivity contribution < 1.29 is 19.0 Å². The van der Waals surface area contributed by atoms with Crippen molar-refractivity contribution in [2.75, 3.05) is 14.2 Å². The largest absolute Gasteiger partial charge is 0.493 e. The van der Waals surface area contributed by atoms with Crippen molar-refractivity contribution in [3.8, 4) is 11.5 Å². The van der Waals surface area contributed by atoms with E-state index in [-0.39, 0.29) is 12.5 Å². The lowest BCUT2D eigenvalue weighted by Crippen LogP contribution is -2.22. The van der Waals surface area contributed by atoms with Crippen LogP contribution in [0.25, 0.3) is 10.4 Å². The molecule has 7 nitrogen and oxygen atoms in total. The van der Waals surface area contributed by atoms with Gasteiger partial charge in [0.15, 0.2) is 11.5 Å². The van der Waals surface area contributed by atoms with Crippen LogP contribution in [0.4, 0.5) is 0 Å². The molecule has 0 aromatic heterocycles. The molecule has 21 heavy (non-hydrogen) atoms. The van der Waals surface area contributed by atoms with Crippen molar-refractivity contribution in [3.05, 3.63) is 34.2 Å². The van der Waals surface area contributed by atoms with Crippen LogP contribution in [0.15, 0.2) is 23.3 Å². The van der Waals surface area contributed by atoms with Gasteiger partial charge in [-0.2, -0.15) is 0 Å². The van der Waals surface area contributed by atoms with Crippen LogP contribution in [0.3, 0.4) is 0 Å². The van der Waals surface area contributed by atoms with E-state index < -0.39 is 12.0 Å². The second-order valence-electron chi connectivity index (χ2n) is 4.60. The lowest BCUT2D eigenvalue weighted by molar-refractivity contribution is -0.142. The minimum absolute atomic E-state index is 0.0114. The van der Waals surface area contributed by atoms with Crippen LogP contribution in [0.1, 0.15) is 19.4 Å². The van der Waals surface area contributed by atoms with Gasteiger partial charge in [-0.1, -0.05) is 11.2 Å². The van der Waals surface area contributed by atoms with Crippen molar-refractivity contribution in [3.63, 3.8) is 0 Å². The average Bonchev–Trinajstić information content (AvgIpc) is 2.45. The van der Waals surface area contributed by atoms with Crippen LogP contribution < -0.4 is 9.47 Å². The molecule has 0 saturated heterocycles. The number of ether oxygens (including phenoxy) is 3. The minimum atomic E-state index is -0.903. The highest BCUT2D eigenvalue weighted by Crippen LogP contribution is 2.29. The van der Waals surface area contributed by atoms with Gasteiger partial charge < -0.3 is 14.2 Å². The van der Waals surface area contributed by atoms with Crippen LogP contribution in [0.2, 0.25) is 0 Å². The molecule has 0 saturated carbocycles. The predicted octanol–water partition coefficient (Wildman–Crippen LogP) is 2.88. The van der Waals surface area contributed by atoms with Crippen LogP contribution in [0, 0.1) is 0 Å². The van der Waals surface area contributed by atoms with E-state index >= 15 is 0 Å². The number of hydrogen-bond donors (Lipinski definition) is 0. The van der Waals surface area contributed by atoms with E-state index in [0.717, 1.165) is 5.56 Å². The van der Waals surface area contributed by atoms with Gasteiger partial charge in [-0.05, 0) is 43.5 Å². The summed E-state index contributed by atoms with van der Waals surface area (Å²) >= 11 is 0. The monoisotopic (exact) mass is 293 g/mol. The highest BCUT2D eigenvalue weighted by Gasteiger charge is 2.19. The topological polar surface area (TPSA) is 93.5 Å². The Morgan fingerprint density at radius 2 is 2.05 bits per heavy atom. The number of carbonyl (C=O) groups excluding carboxylic acids is 1. The quantitative estimate of drug-likeness (QED) is 0.334.